The normalized spacial score (nSPS) is 14.6. The van der Waals surface area contributed by atoms with Crippen molar-refractivity contribution in [3.63, 3.8) is 0 Å². The summed E-state index contributed by atoms with van der Waals surface area (Å²) in [5, 5.41) is 10.6. The summed E-state index contributed by atoms with van der Waals surface area (Å²) >= 11 is 0. The quantitative estimate of drug-likeness (QED) is 0.0169. The van der Waals surface area contributed by atoms with Gasteiger partial charge in [0.2, 0.25) is 0 Å². The Morgan fingerprint density at radius 2 is 0.519 bits per heavy atom. The molecule has 0 aromatic heterocycles. The van der Waals surface area contributed by atoms with Crippen LogP contribution in [0.2, 0.25) is 0 Å². The van der Waals surface area contributed by atoms with Gasteiger partial charge >= 0.3 is 39.5 Å². The highest BCUT2D eigenvalue weighted by atomic mass is 31.2. The summed E-state index contributed by atoms with van der Waals surface area (Å²) in [6.07, 6.45) is 85.8. The van der Waals surface area contributed by atoms with E-state index in [1.54, 1.807) is 0 Å². The van der Waals surface area contributed by atoms with Crippen LogP contribution in [0.1, 0.15) is 323 Å². The van der Waals surface area contributed by atoms with Crippen LogP contribution in [0.3, 0.4) is 0 Å². The van der Waals surface area contributed by atoms with Gasteiger partial charge in [0.05, 0.1) is 26.4 Å². The summed E-state index contributed by atoms with van der Waals surface area (Å²) in [6, 6.07) is 0. The molecule has 17 nitrogen and oxygen atoms in total. The second-order valence-electron chi connectivity index (χ2n) is 26.6. The fourth-order valence-corrected chi connectivity index (χ4v) is 12.0. The van der Waals surface area contributed by atoms with Gasteiger partial charge in [0.15, 0.2) is 12.2 Å². The van der Waals surface area contributed by atoms with Crippen molar-refractivity contribution in [2.45, 2.75) is 341 Å². The van der Waals surface area contributed by atoms with Gasteiger partial charge < -0.3 is 33.8 Å². The molecule has 3 N–H and O–H groups in total. The van der Waals surface area contributed by atoms with Crippen LogP contribution in [0.15, 0.2) is 134 Å². The predicted octanol–water partition coefficient (Wildman–Crippen LogP) is 23.7. The third kappa shape index (κ3) is 75.4. The molecular weight excluding hydrogens is 1350 g/mol. The van der Waals surface area contributed by atoms with E-state index in [4.69, 9.17) is 37.0 Å². The highest BCUT2D eigenvalue weighted by molar-refractivity contribution is 7.47. The van der Waals surface area contributed by atoms with Crippen LogP contribution in [0.4, 0.5) is 0 Å². The van der Waals surface area contributed by atoms with Crippen LogP contribution in [0.5, 0.6) is 0 Å². The SMILES string of the molecule is CC/C=C\C/C=C\C/C=C\C/C=C\C/C=C\C/C=C\CCC(=O)OC[C@H](COP(=O)(O)OC[C@@H](O)COP(=O)(O)OC[C@@H](COC(=O)CCCCCCC/C=C\C/C=C\CCCCC)OC(=O)CCCCCCC/C=C\C/C=C\CCCCC)OC(=O)CCCCCCCCC/C=C\CCCCCC. The van der Waals surface area contributed by atoms with E-state index in [2.05, 4.69) is 143 Å². The van der Waals surface area contributed by atoms with E-state index in [1.165, 1.54) is 64.2 Å². The average Bonchev–Trinajstić information content (AvgIpc) is 0.918. The van der Waals surface area contributed by atoms with Gasteiger partial charge in [-0.05, 0) is 154 Å². The van der Waals surface area contributed by atoms with E-state index in [9.17, 15) is 43.2 Å². The molecule has 0 radical (unpaired) electrons. The third-order valence-electron chi connectivity index (χ3n) is 16.6. The van der Waals surface area contributed by atoms with Crippen molar-refractivity contribution in [3.05, 3.63) is 134 Å². The molecule has 0 bridgehead atoms. The van der Waals surface area contributed by atoms with Gasteiger partial charge in [0.25, 0.3) is 0 Å². The number of allylic oxidation sites excluding steroid dienone is 22. The minimum atomic E-state index is -5.00. The number of carbonyl (C=O) groups is 4. The number of ether oxygens (including phenoxy) is 4. The van der Waals surface area contributed by atoms with Gasteiger partial charge in [-0.2, -0.15) is 0 Å². The van der Waals surface area contributed by atoms with Crippen molar-refractivity contribution in [1.82, 2.24) is 0 Å². The fraction of sp³-hybridized carbons (Fsp3) is 0.694. The summed E-state index contributed by atoms with van der Waals surface area (Å²) in [6.45, 7) is 4.59. The Kier molecular flexibility index (Phi) is 72.9. The van der Waals surface area contributed by atoms with Crippen LogP contribution in [0.25, 0.3) is 0 Å². The molecule has 0 saturated heterocycles. The van der Waals surface area contributed by atoms with Crippen molar-refractivity contribution in [2.75, 3.05) is 39.6 Å². The molecule has 104 heavy (non-hydrogen) atoms. The van der Waals surface area contributed by atoms with Crippen LogP contribution in [0, 0.1) is 0 Å². The highest BCUT2D eigenvalue weighted by Crippen LogP contribution is 2.45. The number of hydrogen-bond donors (Lipinski definition) is 3. The van der Waals surface area contributed by atoms with Crippen molar-refractivity contribution in [2.24, 2.45) is 0 Å². The molecule has 2 unspecified atom stereocenters. The van der Waals surface area contributed by atoms with Gasteiger partial charge in [-0.3, -0.25) is 37.3 Å². The highest BCUT2D eigenvalue weighted by Gasteiger charge is 2.30. The van der Waals surface area contributed by atoms with E-state index in [0.29, 0.717) is 32.1 Å². The Labute approximate surface area is 631 Å². The van der Waals surface area contributed by atoms with Crippen LogP contribution >= 0.6 is 15.6 Å². The van der Waals surface area contributed by atoms with Crippen molar-refractivity contribution in [1.29, 1.82) is 0 Å². The van der Waals surface area contributed by atoms with Gasteiger partial charge in [-0.1, -0.05) is 277 Å². The van der Waals surface area contributed by atoms with Gasteiger partial charge in [-0.15, -0.1) is 0 Å². The summed E-state index contributed by atoms with van der Waals surface area (Å²) in [4.78, 5) is 73.0. The molecule has 0 aromatic carbocycles. The van der Waals surface area contributed by atoms with Crippen molar-refractivity contribution < 1.29 is 80.2 Å². The number of carbonyl (C=O) groups excluding carboxylic acids is 4. The maximum Gasteiger partial charge on any atom is 0.472 e. The molecule has 0 amide bonds. The predicted molar refractivity (Wildman–Crippen MR) is 427 cm³/mol. The van der Waals surface area contributed by atoms with E-state index >= 15 is 0 Å². The summed E-state index contributed by atoms with van der Waals surface area (Å²) in [5.74, 6) is -2.30. The second kappa shape index (κ2) is 76.4. The Balaban J connectivity index is 5.45. The molecule has 0 aromatic rings. The Bertz CT molecular complexity index is 2490. The van der Waals surface area contributed by atoms with E-state index < -0.39 is 97.5 Å². The zero-order valence-corrected chi connectivity index (χ0v) is 66.9. The maximum absolute atomic E-state index is 13.1. The molecule has 0 spiro atoms. The molecule has 5 atom stereocenters. The molecule has 0 aliphatic carbocycles. The maximum atomic E-state index is 13.1. The molecule has 0 aliphatic heterocycles. The fourth-order valence-electron chi connectivity index (χ4n) is 10.4. The number of unbranched alkanes of at least 4 members (excludes halogenated alkanes) is 27. The Morgan fingerprint density at radius 3 is 0.856 bits per heavy atom. The van der Waals surface area contributed by atoms with Gasteiger partial charge in [-0.25, -0.2) is 9.13 Å². The molecule has 0 rings (SSSR count). The van der Waals surface area contributed by atoms with E-state index in [1.807, 2.05) is 18.2 Å². The number of esters is 4. The first-order valence-electron chi connectivity index (χ1n) is 40.4. The Hall–Kier alpha value is -4.80. The van der Waals surface area contributed by atoms with Crippen molar-refractivity contribution >= 4 is 39.5 Å². The molecule has 0 heterocycles. The number of aliphatic hydroxyl groups excluding tert-OH is 1. The average molecular weight is 1500 g/mol. The lowest BCUT2D eigenvalue weighted by Gasteiger charge is -2.21. The molecule has 0 aliphatic rings. The van der Waals surface area contributed by atoms with Crippen LogP contribution in [-0.2, 0) is 65.4 Å². The lowest BCUT2D eigenvalue weighted by atomic mass is 10.1. The minimum Gasteiger partial charge on any atom is -0.462 e. The van der Waals surface area contributed by atoms with E-state index in [0.717, 1.165) is 173 Å². The zero-order chi connectivity index (χ0) is 76.0. The number of rotatable bonds is 75. The lowest BCUT2D eigenvalue weighted by Crippen LogP contribution is -2.30. The monoisotopic (exact) mass is 1500 g/mol. The van der Waals surface area contributed by atoms with Crippen LogP contribution in [-0.4, -0.2) is 96.7 Å². The summed E-state index contributed by atoms with van der Waals surface area (Å²) in [7, 11) is -9.99. The number of hydrogen-bond acceptors (Lipinski definition) is 15. The minimum absolute atomic E-state index is 0.0327. The molecule has 19 heteroatoms. The largest absolute Gasteiger partial charge is 0.472 e. The first-order chi connectivity index (χ1) is 50.7. The number of aliphatic hydroxyl groups is 1. The summed E-state index contributed by atoms with van der Waals surface area (Å²) < 4.78 is 68.5. The molecule has 0 saturated carbocycles. The number of phosphoric ester groups is 2. The van der Waals surface area contributed by atoms with Gasteiger partial charge in [0.1, 0.15) is 19.3 Å². The van der Waals surface area contributed by atoms with Gasteiger partial charge in [0, 0.05) is 25.7 Å². The Morgan fingerprint density at radius 1 is 0.279 bits per heavy atom. The molecule has 0 fully saturated rings. The zero-order valence-electron chi connectivity index (χ0n) is 65.2. The smallest absolute Gasteiger partial charge is 0.462 e. The topological polar surface area (TPSA) is 237 Å². The molecular formula is C85H144O17P2. The molecule has 596 valence electrons. The van der Waals surface area contributed by atoms with E-state index in [-0.39, 0.29) is 25.7 Å². The lowest BCUT2D eigenvalue weighted by molar-refractivity contribution is -0.161. The van der Waals surface area contributed by atoms with Crippen molar-refractivity contribution in [3.8, 4) is 0 Å². The van der Waals surface area contributed by atoms with Crippen LogP contribution < -0.4 is 0 Å². The second-order valence-corrected chi connectivity index (χ2v) is 29.5. The standard InChI is InChI=1S/C85H144O17P2/c1-5-9-13-17-21-25-29-33-37-38-39-40-44-46-50-54-58-62-66-70-83(88)96-76-81(102-85(90)72-68-64-60-56-52-48-43-36-32-28-24-20-16-12-8-4)78-100-104(93,94)98-74-79(86)73-97-103(91,92)99-77-80(101-84(89)71-67-63-59-55-51-47-42-35-31-27-23-19-15-11-7-3)75-95-82(87)69-65-61-57-53-49-45-41-34-30-26-22-18-14-10-6-2/h9,13,21-23,25-28,32-35,37,39-42,46,50,58,62,79-81,86H,5-8,10-12,14-20,24,29-31,36,38,43-45,47-49,51-57,59-61,63-78H2,1-4H3,(H,91,92)(H,93,94)/b13-9-,25-21-,26-22-,27-23-,32-28-,37-33-,40-39-,41-34-,42-35-,50-46-,62-58-/t79-,80+,81+/m0/s1. The number of phosphoric acid groups is 2. The first-order valence-corrected chi connectivity index (χ1v) is 43.4. The first kappa shape index (κ1) is 99.2. The summed E-state index contributed by atoms with van der Waals surface area (Å²) in [5.41, 5.74) is 0. The third-order valence-corrected chi connectivity index (χ3v) is 18.5.